The van der Waals surface area contributed by atoms with E-state index in [9.17, 15) is 0 Å². The predicted molar refractivity (Wildman–Crippen MR) is 155 cm³/mol. The number of rotatable bonds is 19. The second kappa shape index (κ2) is 19.2. The van der Waals surface area contributed by atoms with Crippen molar-refractivity contribution in [2.24, 2.45) is 11.8 Å². The molecule has 0 saturated carbocycles. The van der Waals surface area contributed by atoms with E-state index in [1.165, 1.54) is 50.0 Å². The van der Waals surface area contributed by atoms with Gasteiger partial charge in [-0.3, -0.25) is 0 Å². The van der Waals surface area contributed by atoms with Crippen LogP contribution in [0.25, 0.3) is 0 Å². The molecule has 0 aromatic rings. The second-order valence-electron chi connectivity index (χ2n) is 6.66. The number of hydrogen-bond donors (Lipinski definition) is 0. The predicted octanol–water partition coefficient (Wildman–Crippen LogP) is 12.6. The van der Waals surface area contributed by atoms with Crippen LogP contribution in [0.1, 0.15) is 65.2 Å². The van der Waals surface area contributed by atoms with E-state index >= 15 is 0 Å². The van der Waals surface area contributed by atoms with Gasteiger partial charge in [0.25, 0.3) is 0 Å². The van der Waals surface area contributed by atoms with Crippen molar-refractivity contribution in [2.45, 2.75) is 65.2 Å². The van der Waals surface area contributed by atoms with Gasteiger partial charge in [0, 0.05) is 23.0 Å². The first-order valence-electron chi connectivity index (χ1n) is 9.44. The Labute approximate surface area is 218 Å². The van der Waals surface area contributed by atoms with Crippen LogP contribution in [-0.4, -0.2) is 23.0 Å². The third-order valence-electron chi connectivity index (χ3n) is 4.31. The van der Waals surface area contributed by atoms with Gasteiger partial charge in [-0.1, -0.05) is 61.1 Å². The maximum Gasteiger partial charge on any atom is 0.0193 e. The van der Waals surface area contributed by atoms with Crippen LogP contribution >= 0.6 is 121 Å². The lowest BCUT2D eigenvalue weighted by atomic mass is 10.0. The average Bonchev–Trinajstić information content (AvgIpc) is 2.58. The maximum absolute atomic E-state index is 5.98. The van der Waals surface area contributed by atoms with Crippen LogP contribution in [0.4, 0.5) is 0 Å². The van der Waals surface area contributed by atoms with Crippen LogP contribution in [0, 0.1) is 11.8 Å². The molecule has 2 unspecified atom stereocenters. The van der Waals surface area contributed by atoms with Gasteiger partial charge in [0.05, 0.1) is 0 Å². The largest absolute Gasteiger partial charge is 0.0817 e. The minimum absolute atomic E-state index is 0.550. The molecule has 0 heterocycles. The van der Waals surface area contributed by atoms with Gasteiger partial charge in [0.1, 0.15) is 0 Å². The standard InChI is InChI=1S/C16H32Cl6S6/c1-3-15(13-27(17,18)19)9-5-7-11-23-25-26-24-12-8-6-10-16(4-2)14-28(20,21)22/h15-16H,3-14H2,1-2H3. The van der Waals surface area contributed by atoms with Crippen molar-refractivity contribution in [3.63, 3.8) is 0 Å². The quantitative estimate of drug-likeness (QED) is 0.103. The van der Waals surface area contributed by atoms with Gasteiger partial charge < -0.3 is 0 Å². The summed E-state index contributed by atoms with van der Waals surface area (Å²) in [6.45, 7) is 4.37. The zero-order valence-corrected chi connectivity index (χ0v) is 25.8. The lowest BCUT2D eigenvalue weighted by Crippen LogP contribution is -2.05. The van der Waals surface area contributed by atoms with Crippen molar-refractivity contribution in [3.8, 4) is 0 Å². The highest BCUT2D eigenvalue weighted by Gasteiger charge is 2.20. The number of unbranched alkanes of at least 4 members (excludes halogenated alkanes) is 2. The molecule has 0 rings (SSSR count). The Kier molecular flexibility index (Phi) is 21.8. The lowest BCUT2D eigenvalue weighted by molar-refractivity contribution is 0.501. The fraction of sp³-hybridized carbons (Fsp3) is 1.00. The van der Waals surface area contributed by atoms with Crippen molar-refractivity contribution < 1.29 is 0 Å². The summed E-state index contributed by atoms with van der Waals surface area (Å²) in [4.78, 5) is 0. The fourth-order valence-electron chi connectivity index (χ4n) is 2.64. The minimum atomic E-state index is -1.93. The summed E-state index contributed by atoms with van der Waals surface area (Å²) in [6, 6.07) is 0. The van der Waals surface area contributed by atoms with Gasteiger partial charge in [0.15, 0.2) is 0 Å². The molecule has 28 heavy (non-hydrogen) atoms. The molecule has 12 heteroatoms. The Bertz CT molecular complexity index is 333. The van der Waals surface area contributed by atoms with Crippen molar-refractivity contribution in [1.82, 2.24) is 0 Å². The van der Waals surface area contributed by atoms with E-state index in [1.807, 2.05) is 41.2 Å². The molecule has 0 bridgehead atoms. The molecule has 2 atom stereocenters. The van der Waals surface area contributed by atoms with Crippen LogP contribution in [0.5, 0.6) is 0 Å². The molecule has 0 aliphatic heterocycles. The highest BCUT2D eigenvalue weighted by molar-refractivity contribution is 9.26. The Morgan fingerprint density at radius 1 is 0.607 bits per heavy atom. The number of halogens is 6. The number of hydrogen-bond acceptors (Lipinski definition) is 4. The van der Waals surface area contributed by atoms with Gasteiger partial charge in [-0.15, -0.1) is 0 Å². The second-order valence-corrected chi connectivity index (χ2v) is 27.9. The van der Waals surface area contributed by atoms with E-state index in [1.54, 1.807) is 0 Å². The molecule has 0 nitrogen and oxygen atoms in total. The molecule has 0 saturated heterocycles. The monoisotopic (exact) mass is 626 g/mol. The topological polar surface area (TPSA) is 0 Å². The molecule has 0 amide bonds. The van der Waals surface area contributed by atoms with E-state index in [4.69, 9.17) is 64.1 Å². The summed E-state index contributed by atoms with van der Waals surface area (Å²) in [5.74, 6) is 4.96. The van der Waals surface area contributed by atoms with Crippen LogP contribution in [0.2, 0.25) is 0 Å². The third-order valence-corrected chi connectivity index (χ3v) is 14.9. The van der Waals surface area contributed by atoms with Crippen molar-refractivity contribution >= 4 is 121 Å². The molecule has 174 valence electrons. The molecule has 0 N–H and O–H groups in total. The summed E-state index contributed by atoms with van der Waals surface area (Å²) >= 11 is 0. The molecule has 0 radical (unpaired) electrons. The first kappa shape index (κ1) is 31.8. The molecule has 0 spiro atoms. The lowest BCUT2D eigenvalue weighted by Gasteiger charge is -2.22. The molecule has 0 fully saturated rings. The first-order valence-corrected chi connectivity index (χ1v) is 23.2. The SMILES string of the molecule is CCC(CCCCSSSSCCCCC(CC)CS(Cl)(Cl)Cl)CS(Cl)(Cl)Cl. The van der Waals surface area contributed by atoms with E-state index < -0.39 is 15.3 Å². The molecular weight excluding hydrogens is 597 g/mol. The van der Waals surface area contributed by atoms with E-state index in [0.717, 1.165) is 24.3 Å². The summed E-state index contributed by atoms with van der Waals surface area (Å²) in [5.41, 5.74) is 0. The van der Waals surface area contributed by atoms with E-state index in [0.29, 0.717) is 11.8 Å². The van der Waals surface area contributed by atoms with Crippen molar-refractivity contribution in [2.75, 3.05) is 23.0 Å². The fourth-order valence-corrected chi connectivity index (χ4v) is 14.0. The van der Waals surface area contributed by atoms with Crippen LogP contribution in [0.3, 0.4) is 0 Å². The summed E-state index contributed by atoms with van der Waals surface area (Å²) in [6.07, 6.45) is 9.44. The smallest absolute Gasteiger partial charge is 0.0193 e. The molecule has 0 aromatic heterocycles. The van der Waals surface area contributed by atoms with Gasteiger partial charge in [-0.05, 0) is 137 Å². The van der Waals surface area contributed by atoms with Gasteiger partial charge >= 0.3 is 0 Å². The first-order chi connectivity index (χ1) is 13.1. The van der Waals surface area contributed by atoms with Crippen molar-refractivity contribution in [3.05, 3.63) is 0 Å². The Hall–Kier alpha value is 3.84. The summed E-state index contributed by atoms with van der Waals surface area (Å²) in [5, 5.41) is 0. The summed E-state index contributed by atoms with van der Waals surface area (Å²) in [7, 11) is 39.7. The van der Waals surface area contributed by atoms with E-state index in [-0.39, 0.29) is 0 Å². The molecular formula is C16H32Cl6S6. The molecule has 0 aromatic carbocycles. The molecule has 0 aliphatic carbocycles. The van der Waals surface area contributed by atoms with Crippen LogP contribution in [-0.2, 0) is 0 Å². The summed E-state index contributed by atoms with van der Waals surface area (Å²) < 4.78 is 0. The maximum atomic E-state index is 5.98. The zero-order valence-electron chi connectivity index (χ0n) is 16.4. The average molecular weight is 630 g/mol. The van der Waals surface area contributed by atoms with E-state index in [2.05, 4.69) is 13.8 Å². The minimum Gasteiger partial charge on any atom is -0.0817 e. The Morgan fingerprint density at radius 2 is 0.964 bits per heavy atom. The molecule has 0 aliphatic rings. The highest BCUT2D eigenvalue weighted by Crippen LogP contribution is 2.65. The zero-order chi connectivity index (χ0) is 21.5. The third kappa shape index (κ3) is 23.0. The van der Waals surface area contributed by atoms with Gasteiger partial charge in [0.2, 0.25) is 0 Å². The van der Waals surface area contributed by atoms with Gasteiger partial charge in [-0.2, -0.15) is 0 Å². The van der Waals surface area contributed by atoms with Crippen molar-refractivity contribution in [1.29, 1.82) is 0 Å². The Balaban J connectivity index is 3.46. The normalized spacial score (nSPS) is 16.1. The van der Waals surface area contributed by atoms with Crippen LogP contribution < -0.4 is 0 Å². The van der Waals surface area contributed by atoms with Gasteiger partial charge in [-0.25, -0.2) is 0 Å². The highest BCUT2D eigenvalue weighted by atomic mass is 36.2. The van der Waals surface area contributed by atoms with Crippen LogP contribution in [0.15, 0.2) is 0 Å². The Morgan fingerprint density at radius 3 is 1.25 bits per heavy atom.